The number of carbonyl (C=O) groups is 2. The lowest BCUT2D eigenvalue weighted by molar-refractivity contribution is -0.325. The van der Waals surface area contributed by atoms with Crippen molar-refractivity contribution in [1.82, 2.24) is 0 Å². The van der Waals surface area contributed by atoms with Gasteiger partial charge in [0.1, 0.15) is 5.60 Å². The van der Waals surface area contributed by atoms with E-state index in [2.05, 4.69) is 4.89 Å². The molecule has 0 amide bonds. The number of halogens is 1. The van der Waals surface area contributed by atoms with E-state index in [4.69, 9.17) is 16.5 Å². The molecule has 0 fully saturated rings. The van der Waals surface area contributed by atoms with Gasteiger partial charge >= 0.3 is 5.97 Å². The largest absolute Gasteiger partial charge is 0.342 e. The molecule has 0 aliphatic rings. The molecule has 0 heterocycles. The standard InChI is InChI=1S/C10H17ClO4/c1-4-10(2,3)15-14-9(13)7-5-6-8(11)12/h4-7H2,1-3H3. The van der Waals surface area contributed by atoms with Crippen molar-refractivity contribution in [1.29, 1.82) is 0 Å². The third kappa shape index (κ3) is 8.39. The van der Waals surface area contributed by atoms with Crippen LogP contribution in [-0.2, 0) is 19.4 Å². The number of hydrogen-bond acceptors (Lipinski definition) is 4. The molecule has 0 saturated heterocycles. The van der Waals surface area contributed by atoms with Crippen molar-refractivity contribution in [2.75, 3.05) is 0 Å². The lowest BCUT2D eigenvalue weighted by atomic mass is 10.1. The van der Waals surface area contributed by atoms with Gasteiger partial charge in [0.25, 0.3) is 0 Å². The molecule has 0 aromatic rings. The van der Waals surface area contributed by atoms with E-state index in [1.807, 2.05) is 20.8 Å². The van der Waals surface area contributed by atoms with Gasteiger partial charge in [-0.1, -0.05) is 6.92 Å². The summed E-state index contributed by atoms with van der Waals surface area (Å²) in [6.45, 7) is 5.57. The van der Waals surface area contributed by atoms with Crippen LogP contribution in [0.3, 0.4) is 0 Å². The van der Waals surface area contributed by atoms with Crippen LogP contribution in [0.4, 0.5) is 0 Å². The molecule has 0 radical (unpaired) electrons. The van der Waals surface area contributed by atoms with Crippen LogP contribution in [0, 0.1) is 0 Å². The highest BCUT2D eigenvalue weighted by atomic mass is 35.5. The van der Waals surface area contributed by atoms with Gasteiger partial charge in [-0.2, -0.15) is 4.89 Å². The second kappa shape index (κ2) is 6.80. The van der Waals surface area contributed by atoms with Gasteiger partial charge in [0.15, 0.2) is 0 Å². The third-order valence-corrected chi connectivity index (χ3v) is 2.15. The monoisotopic (exact) mass is 236 g/mol. The maximum Gasteiger partial charge on any atom is 0.342 e. The average Bonchev–Trinajstić information content (AvgIpc) is 2.14. The second-order valence-corrected chi connectivity index (χ2v) is 4.28. The maximum atomic E-state index is 11.1. The topological polar surface area (TPSA) is 52.6 Å². The van der Waals surface area contributed by atoms with Crippen molar-refractivity contribution in [3.05, 3.63) is 0 Å². The summed E-state index contributed by atoms with van der Waals surface area (Å²) in [6, 6.07) is 0. The molecule has 0 aliphatic heterocycles. The predicted molar refractivity (Wildman–Crippen MR) is 56.3 cm³/mol. The van der Waals surface area contributed by atoms with E-state index in [0.717, 1.165) is 6.42 Å². The van der Waals surface area contributed by atoms with Gasteiger partial charge in [0.2, 0.25) is 5.24 Å². The minimum absolute atomic E-state index is 0.137. The first-order valence-electron chi connectivity index (χ1n) is 4.94. The van der Waals surface area contributed by atoms with E-state index in [1.165, 1.54) is 0 Å². The molecular formula is C10H17ClO4. The Morgan fingerprint density at radius 1 is 1.27 bits per heavy atom. The van der Waals surface area contributed by atoms with E-state index in [9.17, 15) is 9.59 Å². The Morgan fingerprint density at radius 2 is 1.87 bits per heavy atom. The molecule has 4 nitrogen and oxygen atoms in total. The summed E-state index contributed by atoms with van der Waals surface area (Å²) < 4.78 is 0. The molecule has 0 N–H and O–H groups in total. The normalized spacial score (nSPS) is 11.2. The van der Waals surface area contributed by atoms with E-state index in [-0.39, 0.29) is 12.8 Å². The zero-order valence-electron chi connectivity index (χ0n) is 9.34. The zero-order chi connectivity index (χ0) is 11.9. The molecule has 88 valence electrons. The fourth-order valence-electron chi connectivity index (χ4n) is 0.632. The first-order valence-corrected chi connectivity index (χ1v) is 5.32. The Hall–Kier alpha value is -0.610. The highest BCUT2D eigenvalue weighted by molar-refractivity contribution is 6.63. The van der Waals surface area contributed by atoms with Gasteiger partial charge in [-0.25, -0.2) is 4.79 Å². The SMILES string of the molecule is CCC(C)(C)OOC(=O)CCCC(=O)Cl. The number of rotatable bonds is 7. The molecular weight excluding hydrogens is 220 g/mol. The summed E-state index contributed by atoms with van der Waals surface area (Å²) in [4.78, 5) is 31.0. The van der Waals surface area contributed by atoms with Crippen LogP contribution >= 0.6 is 11.6 Å². The van der Waals surface area contributed by atoms with Crippen molar-refractivity contribution in [3.8, 4) is 0 Å². The first kappa shape index (κ1) is 14.4. The Morgan fingerprint density at radius 3 is 2.33 bits per heavy atom. The van der Waals surface area contributed by atoms with E-state index in [0.29, 0.717) is 6.42 Å². The smallest absolute Gasteiger partial charge is 0.298 e. The lowest BCUT2D eigenvalue weighted by Crippen LogP contribution is -2.25. The Bertz CT molecular complexity index is 225. The molecule has 15 heavy (non-hydrogen) atoms. The van der Waals surface area contributed by atoms with Gasteiger partial charge in [0.05, 0.1) is 0 Å². The Balaban J connectivity index is 3.62. The summed E-state index contributed by atoms with van der Waals surface area (Å²) in [5, 5.41) is -0.447. The lowest BCUT2D eigenvalue weighted by Gasteiger charge is -2.20. The van der Waals surface area contributed by atoms with Crippen LogP contribution in [0.2, 0.25) is 0 Å². The van der Waals surface area contributed by atoms with Crippen LogP contribution in [0.1, 0.15) is 46.5 Å². The third-order valence-electron chi connectivity index (χ3n) is 1.97. The fourth-order valence-corrected chi connectivity index (χ4v) is 0.765. The van der Waals surface area contributed by atoms with Crippen LogP contribution in [0.25, 0.3) is 0 Å². The van der Waals surface area contributed by atoms with E-state index in [1.54, 1.807) is 0 Å². The van der Waals surface area contributed by atoms with Crippen LogP contribution in [0.5, 0.6) is 0 Å². The summed E-state index contributed by atoms with van der Waals surface area (Å²) in [6.07, 6.45) is 1.43. The van der Waals surface area contributed by atoms with Gasteiger partial charge in [-0.15, -0.1) is 0 Å². The second-order valence-electron chi connectivity index (χ2n) is 3.86. The molecule has 5 heteroatoms. The zero-order valence-corrected chi connectivity index (χ0v) is 10.1. The van der Waals surface area contributed by atoms with Gasteiger partial charge in [-0.3, -0.25) is 9.68 Å². The van der Waals surface area contributed by atoms with Crippen LogP contribution in [-0.4, -0.2) is 16.8 Å². The Kier molecular flexibility index (Phi) is 6.52. The quantitative estimate of drug-likeness (QED) is 0.387. The van der Waals surface area contributed by atoms with Gasteiger partial charge in [-0.05, 0) is 38.3 Å². The van der Waals surface area contributed by atoms with E-state index >= 15 is 0 Å². The molecule has 0 aliphatic carbocycles. The van der Waals surface area contributed by atoms with Crippen molar-refractivity contribution in [2.24, 2.45) is 0 Å². The predicted octanol–water partition coefficient (Wildman–Crippen LogP) is 2.59. The van der Waals surface area contributed by atoms with Gasteiger partial charge in [0, 0.05) is 12.8 Å². The van der Waals surface area contributed by atoms with Gasteiger partial charge < -0.3 is 0 Å². The van der Waals surface area contributed by atoms with Crippen molar-refractivity contribution in [2.45, 2.75) is 52.1 Å². The molecule has 0 rings (SSSR count). The van der Waals surface area contributed by atoms with Crippen LogP contribution < -0.4 is 0 Å². The van der Waals surface area contributed by atoms with Crippen LogP contribution in [0.15, 0.2) is 0 Å². The first-order chi connectivity index (χ1) is 6.87. The maximum absolute atomic E-state index is 11.1. The summed E-state index contributed by atoms with van der Waals surface area (Å²) in [5.74, 6) is -0.477. The molecule has 0 bridgehead atoms. The molecule has 0 spiro atoms. The Labute approximate surface area is 94.8 Å². The molecule has 0 unspecified atom stereocenters. The highest BCUT2D eigenvalue weighted by Gasteiger charge is 2.19. The minimum Gasteiger partial charge on any atom is -0.298 e. The van der Waals surface area contributed by atoms with Crippen molar-refractivity contribution >= 4 is 22.8 Å². The summed E-state index contributed by atoms with van der Waals surface area (Å²) in [5.41, 5.74) is -0.474. The highest BCUT2D eigenvalue weighted by Crippen LogP contribution is 2.14. The van der Waals surface area contributed by atoms with Crippen molar-refractivity contribution in [3.63, 3.8) is 0 Å². The minimum atomic E-state index is -0.477. The number of hydrogen-bond donors (Lipinski definition) is 0. The van der Waals surface area contributed by atoms with Crippen molar-refractivity contribution < 1.29 is 19.4 Å². The average molecular weight is 237 g/mol. The molecule has 0 saturated carbocycles. The van der Waals surface area contributed by atoms with E-state index < -0.39 is 16.8 Å². The summed E-state index contributed by atoms with van der Waals surface area (Å²) >= 11 is 5.11. The molecule has 0 aromatic heterocycles. The fraction of sp³-hybridized carbons (Fsp3) is 0.800. The molecule has 0 atom stereocenters. The molecule has 0 aromatic carbocycles. The number of carbonyl (C=O) groups excluding carboxylic acids is 2. The summed E-state index contributed by atoms with van der Waals surface area (Å²) in [7, 11) is 0.